The van der Waals surface area contributed by atoms with E-state index in [4.69, 9.17) is 4.52 Å². The van der Waals surface area contributed by atoms with Crippen molar-refractivity contribution in [2.75, 3.05) is 33.2 Å². The number of benzene rings is 1. The Hall–Kier alpha value is -2.41. The molecule has 0 saturated carbocycles. The number of hydrogen-bond acceptors (Lipinski definition) is 5. The van der Waals surface area contributed by atoms with Gasteiger partial charge < -0.3 is 19.6 Å². The average Bonchev–Trinajstić information content (AvgIpc) is 3.16. The second-order valence-corrected chi connectivity index (χ2v) is 7.20. The number of aromatic nitrogens is 2. The summed E-state index contributed by atoms with van der Waals surface area (Å²) in [4.78, 5) is 20.8. The van der Waals surface area contributed by atoms with Crippen LogP contribution in [0.15, 0.2) is 34.9 Å². The zero-order chi connectivity index (χ0) is 19.1. The van der Waals surface area contributed by atoms with Crippen LogP contribution in [0.5, 0.6) is 0 Å². The van der Waals surface area contributed by atoms with Crippen LogP contribution in [0.1, 0.15) is 32.1 Å². The number of likely N-dealkylation sites (tertiary alicyclic amines) is 1. The lowest BCUT2D eigenvalue weighted by atomic mass is 9.97. The first-order valence-electron chi connectivity index (χ1n) is 9.75. The minimum atomic E-state index is -0.106. The van der Waals surface area contributed by atoms with Gasteiger partial charge in [-0.15, -0.1) is 0 Å². The summed E-state index contributed by atoms with van der Waals surface area (Å²) in [5.74, 6) is 1.53. The van der Waals surface area contributed by atoms with E-state index in [0.29, 0.717) is 24.2 Å². The van der Waals surface area contributed by atoms with Gasteiger partial charge in [0.25, 0.3) is 0 Å². The van der Waals surface area contributed by atoms with E-state index in [9.17, 15) is 4.79 Å². The molecule has 0 unspecified atom stereocenters. The fourth-order valence-corrected chi connectivity index (χ4v) is 3.40. The van der Waals surface area contributed by atoms with E-state index in [1.54, 1.807) is 11.9 Å². The Morgan fingerprint density at radius 3 is 2.74 bits per heavy atom. The molecule has 1 saturated heterocycles. The Balaban J connectivity index is 1.43. The van der Waals surface area contributed by atoms with Gasteiger partial charge >= 0.3 is 6.03 Å². The number of hydrogen-bond donors (Lipinski definition) is 1. The van der Waals surface area contributed by atoms with Crippen LogP contribution in [-0.4, -0.2) is 59.2 Å². The van der Waals surface area contributed by atoms with Crippen molar-refractivity contribution in [3.05, 3.63) is 36.2 Å². The second kappa shape index (κ2) is 9.50. The van der Waals surface area contributed by atoms with Gasteiger partial charge in [-0.3, -0.25) is 0 Å². The Morgan fingerprint density at radius 2 is 2.04 bits per heavy atom. The lowest BCUT2D eigenvalue weighted by molar-refractivity contribution is 0.174. The highest BCUT2D eigenvalue weighted by Crippen LogP contribution is 2.17. The molecule has 7 nitrogen and oxygen atoms in total. The molecule has 0 bridgehead atoms. The number of nitrogens with one attached hydrogen (secondary N) is 1. The molecule has 2 amide bonds. The van der Waals surface area contributed by atoms with Gasteiger partial charge in [0.1, 0.15) is 6.54 Å². The molecule has 1 aromatic heterocycles. The van der Waals surface area contributed by atoms with Crippen LogP contribution < -0.4 is 5.32 Å². The molecule has 1 aliphatic heterocycles. The van der Waals surface area contributed by atoms with Gasteiger partial charge in [0.05, 0.1) is 0 Å². The SMILES string of the molecule is CCCN1CCC(CNC(=O)N(C)Cc2nc(-c3ccccc3)no2)CC1. The normalized spacial score (nSPS) is 15.6. The van der Waals surface area contributed by atoms with Crippen LogP contribution in [0.3, 0.4) is 0 Å². The van der Waals surface area contributed by atoms with E-state index in [1.165, 1.54) is 13.0 Å². The molecular weight excluding hydrogens is 342 g/mol. The highest BCUT2D eigenvalue weighted by Gasteiger charge is 2.20. The summed E-state index contributed by atoms with van der Waals surface area (Å²) in [6, 6.07) is 9.55. The van der Waals surface area contributed by atoms with Crippen molar-refractivity contribution in [3.63, 3.8) is 0 Å². The van der Waals surface area contributed by atoms with E-state index < -0.39 is 0 Å². The van der Waals surface area contributed by atoms with Crippen LogP contribution in [0.4, 0.5) is 4.79 Å². The van der Waals surface area contributed by atoms with Crippen molar-refractivity contribution < 1.29 is 9.32 Å². The van der Waals surface area contributed by atoms with Crippen molar-refractivity contribution in [1.82, 2.24) is 25.3 Å². The average molecular weight is 371 g/mol. The molecule has 1 aromatic carbocycles. The fourth-order valence-electron chi connectivity index (χ4n) is 3.40. The molecule has 2 heterocycles. The second-order valence-electron chi connectivity index (χ2n) is 7.20. The highest BCUT2D eigenvalue weighted by atomic mass is 16.5. The van der Waals surface area contributed by atoms with Crippen molar-refractivity contribution in [3.8, 4) is 11.4 Å². The van der Waals surface area contributed by atoms with Crippen molar-refractivity contribution >= 4 is 6.03 Å². The molecule has 0 spiro atoms. The Bertz CT molecular complexity index is 710. The zero-order valence-corrected chi connectivity index (χ0v) is 16.2. The molecule has 1 aliphatic rings. The van der Waals surface area contributed by atoms with Crippen molar-refractivity contribution in [2.24, 2.45) is 5.92 Å². The molecule has 2 aromatic rings. The first-order chi connectivity index (χ1) is 13.2. The number of amides is 2. The van der Waals surface area contributed by atoms with Gasteiger partial charge in [-0.1, -0.05) is 42.4 Å². The molecule has 146 valence electrons. The number of carbonyl (C=O) groups excluding carboxylic acids is 1. The predicted molar refractivity (Wildman–Crippen MR) is 104 cm³/mol. The standard InChI is InChI=1S/C20H29N5O2/c1-3-11-25-12-9-16(10-13-25)14-21-20(26)24(2)15-18-22-19(23-27-18)17-7-5-4-6-8-17/h4-8,16H,3,9-15H2,1-2H3,(H,21,26). The van der Waals surface area contributed by atoms with Crippen LogP contribution in [-0.2, 0) is 6.54 Å². The number of rotatable bonds is 7. The molecule has 7 heteroatoms. The third-order valence-electron chi connectivity index (χ3n) is 5.01. The minimum Gasteiger partial charge on any atom is -0.338 e. The third-order valence-corrected chi connectivity index (χ3v) is 5.01. The lowest BCUT2D eigenvalue weighted by Crippen LogP contribution is -2.42. The summed E-state index contributed by atoms with van der Waals surface area (Å²) in [6.07, 6.45) is 3.50. The molecular formula is C20H29N5O2. The van der Waals surface area contributed by atoms with Gasteiger partial charge in [0.15, 0.2) is 0 Å². The van der Waals surface area contributed by atoms with Gasteiger partial charge in [0.2, 0.25) is 11.7 Å². The van der Waals surface area contributed by atoms with E-state index >= 15 is 0 Å². The first-order valence-corrected chi connectivity index (χ1v) is 9.75. The van der Waals surface area contributed by atoms with Crippen LogP contribution in [0.25, 0.3) is 11.4 Å². The molecule has 0 atom stereocenters. The quantitative estimate of drug-likeness (QED) is 0.810. The summed E-state index contributed by atoms with van der Waals surface area (Å²) >= 11 is 0. The molecule has 3 rings (SSSR count). The van der Waals surface area contributed by atoms with Gasteiger partial charge in [-0.05, 0) is 44.8 Å². The summed E-state index contributed by atoms with van der Waals surface area (Å²) in [6.45, 7) is 6.68. The Labute approximate surface area is 160 Å². The third kappa shape index (κ3) is 5.53. The van der Waals surface area contributed by atoms with Crippen molar-refractivity contribution in [1.29, 1.82) is 0 Å². The Kier molecular flexibility index (Phi) is 6.81. The molecule has 27 heavy (non-hydrogen) atoms. The lowest BCUT2D eigenvalue weighted by Gasteiger charge is -2.32. The van der Waals surface area contributed by atoms with Crippen LogP contribution in [0, 0.1) is 5.92 Å². The van der Waals surface area contributed by atoms with Crippen molar-refractivity contribution in [2.45, 2.75) is 32.7 Å². The molecule has 0 aliphatic carbocycles. The van der Waals surface area contributed by atoms with E-state index in [2.05, 4.69) is 27.3 Å². The maximum Gasteiger partial charge on any atom is 0.317 e. The zero-order valence-electron chi connectivity index (χ0n) is 16.2. The largest absolute Gasteiger partial charge is 0.338 e. The monoisotopic (exact) mass is 371 g/mol. The summed E-state index contributed by atoms with van der Waals surface area (Å²) < 4.78 is 5.28. The number of urea groups is 1. The number of nitrogens with zero attached hydrogens (tertiary/aromatic N) is 4. The Morgan fingerprint density at radius 1 is 1.30 bits per heavy atom. The van der Waals surface area contributed by atoms with E-state index in [1.807, 2.05) is 30.3 Å². The molecule has 1 fully saturated rings. The van der Waals surface area contributed by atoms with Crippen LogP contribution >= 0.6 is 0 Å². The predicted octanol–water partition coefficient (Wildman–Crippen LogP) is 3.00. The maximum absolute atomic E-state index is 12.3. The first kappa shape index (κ1) is 19.4. The highest BCUT2D eigenvalue weighted by molar-refractivity contribution is 5.73. The summed E-state index contributed by atoms with van der Waals surface area (Å²) in [7, 11) is 1.74. The number of carbonyl (C=O) groups is 1. The maximum atomic E-state index is 12.3. The summed E-state index contributed by atoms with van der Waals surface area (Å²) in [5, 5.41) is 7.03. The van der Waals surface area contributed by atoms with Crippen LogP contribution in [0.2, 0.25) is 0 Å². The van der Waals surface area contributed by atoms with E-state index in [-0.39, 0.29) is 6.03 Å². The summed E-state index contributed by atoms with van der Waals surface area (Å²) in [5.41, 5.74) is 0.897. The van der Waals surface area contributed by atoms with E-state index in [0.717, 1.165) is 38.0 Å². The molecule has 0 radical (unpaired) electrons. The number of piperidine rings is 1. The smallest absolute Gasteiger partial charge is 0.317 e. The van der Waals surface area contributed by atoms with Gasteiger partial charge in [0, 0.05) is 19.2 Å². The molecule has 1 N–H and O–H groups in total. The van der Waals surface area contributed by atoms with Gasteiger partial charge in [-0.2, -0.15) is 4.98 Å². The minimum absolute atomic E-state index is 0.106. The van der Waals surface area contributed by atoms with Gasteiger partial charge in [-0.25, -0.2) is 4.79 Å². The topological polar surface area (TPSA) is 74.5 Å². The fraction of sp³-hybridized carbons (Fsp3) is 0.550.